The predicted molar refractivity (Wildman–Crippen MR) is 67.0 cm³/mol. The topological polar surface area (TPSA) is 16.6 Å². The minimum Gasteiger partial charge on any atom is -0.309 e. The van der Waals surface area contributed by atoms with Crippen LogP contribution in [-0.4, -0.2) is 5.54 Å². The highest BCUT2D eigenvalue weighted by molar-refractivity contribution is 5.49. The zero-order valence-corrected chi connectivity index (χ0v) is 10.4. The summed E-state index contributed by atoms with van der Waals surface area (Å²) in [4.78, 5) is 0. The smallest absolute Gasteiger partial charge is 0.136 e. The summed E-state index contributed by atoms with van der Waals surface area (Å²) in [6, 6.07) is 6.80. The van der Waals surface area contributed by atoms with E-state index in [0.29, 0.717) is 5.54 Å². The summed E-state index contributed by atoms with van der Waals surface area (Å²) in [6.45, 7) is 4.67. The molecule has 1 unspecified atom stereocenters. The molecule has 86 valence electrons. The number of nitrogens with two attached hydrogens (primary N) is 1. The van der Waals surface area contributed by atoms with Gasteiger partial charge in [-0.1, -0.05) is 25.1 Å². The lowest BCUT2D eigenvalue weighted by atomic mass is 9.78. The maximum absolute atomic E-state index is 2.62. The first-order valence-electron chi connectivity index (χ1n) is 6.66. The summed E-state index contributed by atoms with van der Waals surface area (Å²) in [5.41, 5.74) is 5.16. The number of quaternary nitrogens is 1. The van der Waals surface area contributed by atoms with Gasteiger partial charge < -0.3 is 5.32 Å². The molecular weight excluding hydrogens is 194 g/mol. The van der Waals surface area contributed by atoms with Crippen LogP contribution in [0, 0.1) is 6.92 Å². The summed E-state index contributed by atoms with van der Waals surface area (Å²) < 4.78 is 0. The molecule has 1 aromatic rings. The van der Waals surface area contributed by atoms with E-state index < -0.39 is 0 Å². The fourth-order valence-electron chi connectivity index (χ4n) is 3.84. The van der Waals surface area contributed by atoms with Crippen molar-refractivity contribution in [3.05, 3.63) is 29.3 Å². The minimum absolute atomic E-state index is 0.554. The molecule has 1 heterocycles. The Morgan fingerprint density at radius 2 is 2.00 bits per heavy atom. The third kappa shape index (κ3) is 1.49. The van der Waals surface area contributed by atoms with Crippen molar-refractivity contribution in [2.75, 3.05) is 0 Å². The van der Waals surface area contributed by atoms with Crippen LogP contribution in [0.4, 0.5) is 5.69 Å². The Bertz CT molecular complexity index is 402. The van der Waals surface area contributed by atoms with E-state index in [9.17, 15) is 0 Å². The largest absolute Gasteiger partial charge is 0.309 e. The van der Waals surface area contributed by atoms with Gasteiger partial charge in [0, 0.05) is 30.4 Å². The molecule has 2 aliphatic rings. The van der Waals surface area contributed by atoms with E-state index in [1.165, 1.54) is 37.7 Å². The van der Waals surface area contributed by atoms with Gasteiger partial charge in [-0.3, -0.25) is 0 Å². The van der Waals surface area contributed by atoms with E-state index in [4.69, 9.17) is 0 Å². The van der Waals surface area contributed by atoms with E-state index in [0.717, 1.165) is 5.92 Å². The Labute approximate surface area is 98.3 Å². The van der Waals surface area contributed by atoms with Crippen LogP contribution in [-0.2, 0) is 0 Å². The van der Waals surface area contributed by atoms with E-state index in [1.807, 2.05) is 0 Å². The number of para-hydroxylation sites is 1. The zero-order chi connectivity index (χ0) is 11.2. The van der Waals surface area contributed by atoms with Gasteiger partial charge in [-0.05, 0) is 25.7 Å². The van der Waals surface area contributed by atoms with E-state index in [-0.39, 0.29) is 0 Å². The van der Waals surface area contributed by atoms with E-state index >= 15 is 0 Å². The predicted octanol–water partition coefficient (Wildman–Crippen LogP) is 3.01. The van der Waals surface area contributed by atoms with Gasteiger partial charge in [0.2, 0.25) is 0 Å². The van der Waals surface area contributed by atoms with Crippen LogP contribution in [0.5, 0.6) is 0 Å². The highest BCUT2D eigenvalue weighted by Crippen LogP contribution is 2.41. The standard InChI is InChI=1S/C15H21N/c1-11-6-5-7-13-12(2)10-15(16-14(11)13)8-3-4-9-15/h5-7,12,16H,3-4,8-10H2,1-2H3/p+1. The molecule has 1 heteroatoms. The lowest BCUT2D eigenvalue weighted by Crippen LogP contribution is -2.93. The van der Waals surface area contributed by atoms with Crippen molar-refractivity contribution in [1.82, 2.24) is 0 Å². The molecule has 0 amide bonds. The second-order valence-electron chi connectivity index (χ2n) is 5.90. The average molecular weight is 216 g/mol. The van der Waals surface area contributed by atoms with Gasteiger partial charge in [0.1, 0.15) is 11.2 Å². The third-order valence-electron chi connectivity index (χ3n) is 4.65. The zero-order valence-electron chi connectivity index (χ0n) is 10.4. The SMILES string of the molecule is Cc1cccc2c1[NH2+]C1(CCCC1)CC2C. The molecule has 1 nitrogen and oxygen atoms in total. The summed E-state index contributed by atoms with van der Waals surface area (Å²) in [6.07, 6.45) is 7.09. The number of rotatable bonds is 0. The number of aryl methyl sites for hydroxylation is 1. The van der Waals surface area contributed by atoms with Crippen LogP contribution in [0.3, 0.4) is 0 Å². The normalized spacial score (nSPS) is 27.0. The monoisotopic (exact) mass is 216 g/mol. The summed E-state index contributed by atoms with van der Waals surface area (Å²) in [5.74, 6) is 0.748. The molecule has 1 aromatic carbocycles. The van der Waals surface area contributed by atoms with E-state index in [2.05, 4.69) is 37.4 Å². The van der Waals surface area contributed by atoms with Crippen molar-refractivity contribution in [2.24, 2.45) is 0 Å². The molecule has 1 spiro atoms. The van der Waals surface area contributed by atoms with Crippen molar-refractivity contribution in [2.45, 2.75) is 57.4 Å². The molecule has 16 heavy (non-hydrogen) atoms. The molecule has 0 aromatic heterocycles. The van der Waals surface area contributed by atoms with Crippen molar-refractivity contribution >= 4 is 5.69 Å². The first kappa shape index (κ1) is 10.3. The van der Waals surface area contributed by atoms with Gasteiger partial charge in [0.05, 0.1) is 0 Å². The number of fused-ring (bicyclic) bond motifs is 1. The van der Waals surface area contributed by atoms with Crippen LogP contribution in [0.25, 0.3) is 0 Å². The maximum Gasteiger partial charge on any atom is 0.136 e. The fourth-order valence-corrected chi connectivity index (χ4v) is 3.84. The van der Waals surface area contributed by atoms with Crippen molar-refractivity contribution in [3.8, 4) is 0 Å². The van der Waals surface area contributed by atoms with Crippen molar-refractivity contribution in [3.63, 3.8) is 0 Å². The summed E-state index contributed by atoms with van der Waals surface area (Å²) in [7, 11) is 0. The quantitative estimate of drug-likeness (QED) is 0.642. The molecule has 0 saturated heterocycles. The second kappa shape index (κ2) is 3.59. The third-order valence-corrected chi connectivity index (χ3v) is 4.65. The van der Waals surface area contributed by atoms with Crippen LogP contribution in [0.15, 0.2) is 18.2 Å². The lowest BCUT2D eigenvalue weighted by Gasteiger charge is -2.36. The maximum atomic E-state index is 2.62. The van der Waals surface area contributed by atoms with Crippen LogP contribution >= 0.6 is 0 Å². The van der Waals surface area contributed by atoms with Gasteiger partial charge >= 0.3 is 0 Å². The summed E-state index contributed by atoms with van der Waals surface area (Å²) in [5, 5.41) is 2.62. The first-order valence-corrected chi connectivity index (χ1v) is 6.66. The molecule has 1 aliphatic carbocycles. The van der Waals surface area contributed by atoms with Gasteiger partial charge in [-0.25, -0.2) is 0 Å². The Kier molecular flexibility index (Phi) is 2.32. The van der Waals surface area contributed by atoms with E-state index in [1.54, 1.807) is 11.3 Å². The Balaban J connectivity index is 2.04. The molecule has 1 fully saturated rings. The molecule has 0 bridgehead atoms. The van der Waals surface area contributed by atoms with Gasteiger partial charge in [-0.2, -0.15) is 0 Å². The number of benzene rings is 1. The van der Waals surface area contributed by atoms with Gasteiger partial charge in [0.15, 0.2) is 0 Å². The number of hydrogen-bond donors (Lipinski definition) is 1. The Morgan fingerprint density at radius 1 is 1.25 bits per heavy atom. The molecular formula is C15H22N+. The Morgan fingerprint density at radius 3 is 2.75 bits per heavy atom. The molecule has 1 aliphatic heterocycles. The highest BCUT2D eigenvalue weighted by atomic mass is 15.0. The molecule has 2 N–H and O–H groups in total. The van der Waals surface area contributed by atoms with Crippen molar-refractivity contribution < 1.29 is 5.32 Å². The molecule has 3 rings (SSSR count). The van der Waals surface area contributed by atoms with Crippen LogP contribution < -0.4 is 5.32 Å². The highest BCUT2D eigenvalue weighted by Gasteiger charge is 2.43. The minimum atomic E-state index is 0.554. The number of hydrogen-bond acceptors (Lipinski definition) is 0. The lowest BCUT2D eigenvalue weighted by molar-refractivity contribution is -0.660. The first-order chi connectivity index (χ1) is 7.70. The molecule has 0 radical (unpaired) electrons. The Hall–Kier alpha value is -0.820. The van der Waals surface area contributed by atoms with Gasteiger partial charge in [0.25, 0.3) is 0 Å². The molecule has 1 saturated carbocycles. The molecule has 1 atom stereocenters. The summed E-state index contributed by atoms with van der Waals surface area (Å²) >= 11 is 0. The van der Waals surface area contributed by atoms with Crippen LogP contribution in [0.2, 0.25) is 0 Å². The van der Waals surface area contributed by atoms with Crippen LogP contribution in [0.1, 0.15) is 56.1 Å². The second-order valence-corrected chi connectivity index (χ2v) is 5.90. The fraction of sp³-hybridized carbons (Fsp3) is 0.600. The van der Waals surface area contributed by atoms with Crippen molar-refractivity contribution in [1.29, 1.82) is 0 Å². The van der Waals surface area contributed by atoms with Gasteiger partial charge in [-0.15, -0.1) is 0 Å². The average Bonchev–Trinajstić information content (AvgIpc) is 2.68.